The van der Waals surface area contributed by atoms with Crippen LogP contribution in [0, 0.1) is 0 Å². The molecule has 0 aromatic carbocycles. The van der Waals surface area contributed by atoms with Gasteiger partial charge in [-0.25, -0.2) is 4.79 Å². The molecule has 0 N–H and O–H groups in total. The second kappa shape index (κ2) is 3.81. The molecule has 1 rings (SSSR count). The number of likely N-dealkylation sites (tertiary alicyclic amines) is 1. The van der Waals surface area contributed by atoms with Gasteiger partial charge in [0.2, 0.25) is 5.91 Å². The summed E-state index contributed by atoms with van der Waals surface area (Å²) in [4.78, 5) is 24.5. The summed E-state index contributed by atoms with van der Waals surface area (Å²) < 4.78 is 4.65. The highest BCUT2D eigenvalue weighted by molar-refractivity contribution is 7.81. The molecule has 80 valence electrons. The van der Waals surface area contributed by atoms with Gasteiger partial charge >= 0.3 is 5.97 Å². The molecular formula is C9H15NO3S. The molecule has 4 nitrogen and oxygen atoms in total. The standard InChI is InChI=1S/C9H15NO3S/c1-9(2,8(12)13-3)10-5-6(14)4-7(10)11/h6,14H,4-5H2,1-3H3. The largest absolute Gasteiger partial charge is 0.467 e. The smallest absolute Gasteiger partial charge is 0.331 e. The van der Waals surface area contributed by atoms with E-state index in [9.17, 15) is 9.59 Å². The van der Waals surface area contributed by atoms with Crippen molar-refractivity contribution in [3.8, 4) is 0 Å². The lowest BCUT2D eigenvalue weighted by atomic mass is 10.0. The molecular weight excluding hydrogens is 202 g/mol. The van der Waals surface area contributed by atoms with Crippen LogP contribution in [0.2, 0.25) is 0 Å². The topological polar surface area (TPSA) is 46.6 Å². The van der Waals surface area contributed by atoms with Gasteiger partial charge in [0.15, 0.2) is 0 Å². The summed E-state index contributed by atoms with van der Waals surface area (Å²) in [5.74, 6) is -0.436. The van der Waals surface area contributed by atoms with Gasteiger partial charge in [-0.15, -0.1) is 0 Å². The molecule has 5 heteroatoms. The van der Waals surface area contributed by atoms with Gasteiger partial charge < -0.3 is 9.64 Å². The van der Waals surface area contributed by atoms with Crippen LogP contribution in [0.1, 0.15) is 20.3 Å². The summed E-state index contributed by atoms with van der Waals surface area (Å²) >= 11 is 4.23. The molecule has 1 unspecified atom stereocenters. The van der Waals surface area contributed by atoms with E-state index in [1.807, 2.05) is 0 Å². The Kier molecular flexibility index (Phi) is 3.09. The molecule has 0 bridgehead atoms. The lowest BCUT2D eigenvalue weighted by molar-refractivity contribution is -0.157. The Morgan fingerprint density at radius 2 is 2.21 bits per heavy atom. The van der Waals surface area contributed by atoms with Gasteiger partial charge in [0.1, 0.15) is 5.54 Å². The zero-order valence-electron chi connectivity index (χ0n) is 8.61. The van der Waals surface area contributed by atoms with Crippen molar-refractivity contribution in [1.29, 1.82) is 0 Å². The average Bonchev–Trinajstić information content (AvgIpc) is 2.44. The van der Waals surface area contributed by atoms with Crippen LogP contribution in [0.5, 0.6) is 0 Å². The molecule has 1 fully saturated rings. The van der Waals surface area contributed by atoms with Crippen molar-refractivity contribution in [1.82, 2.24) is 4.90 Å². The summed E-state index contributed by atoms with van der Waals surface area (Å²) in [6, 6.07) is 0. The molecule has 1 amide bonds. The molecule has 1 saturated heterocycles. The Balaban J connectivity index is 2.82. The first-order valence-corrected chi connectivity index (χ1v) is 4.98. The molecule has 1 aliphatic heterocycles. The number of hydrogen-bond donors (Lipinski definition) is 1. The number of rotatable bonds is 2. The highest BCUT2D eigenvalue weighted by Crippen LogP contribution is 2.25. The minimum absolute atomic E-state index is 0.0198. The monoisotopic (exact) mass is 217 g/mol. The number of hydrogen-bond acceptors (Lipinski definition) is 4. The first kappa shape index (κ1) is 11.4. The van der Waals surface area contributed by atoms with Gasteiger partial charge in [0, 0.05) is 18.2 Å². The predicted molar refractivity (Wildman–Crippen MR) is 55.2 cm³/mol. The van der Waals surface area contributed by atoms with Gasteiger partial charge in [-0.05, 0) is 13.8 Å². The quantitative estimate of drug-likeness (QED) is 0.540. The van der Waals surface area contributed by atoms with Gasteiger partial charge in [-0.1, -0.05) is 0 Å². The third kappa shape index (κ3) is 1.87. The third-order valence-corrected chi connectivity index (χ3v) is 2.81. The normalized spacial score (nSPS) is 22.7. The second-order valence-electron chi connectivity index (χ2n) is 3.91. The number of carbonyl (C=O) groups is 2. The lowest BCUT2D eigenvalue weighted by Crippen LogP contribution is -2.51. The van der Waals surface area contributed by atoms with Gasteiger partial charge in [-0.2, -0.15) is 12.6 Å². The summed E-state index contributed by atoms with van der Waals surface area (Å²) in [6.07, 6.45) is 0.392. The lowest BCUT2D eigenvalue weighted by Gasteiger charge is -2.32. The highest BCUT2D eigenvalue weighted by atomic mass is 32.1. The first-order chi connectivity index (χ1) is 6.39. The molecule has 0 saturated carbocycles. The molecule has 1 atom stereocenters. The van der Waals surface area contributed by atoms with Crippen molar-refractivity contribution in [3.63, 3.8) is 0 Å². The molecule has 0 aromatic rings. The number of carbonyl (C=O) groups excluding carboxylic acids is 2. The van der Waals surface area contributed by atoms with E-state index in [0.29, 0.717) is 13.0 Å². The van der Waals surface area contributed by atoms with Crippen molar-refractivity contribution in [2.45, 2.75) is 31.1 Å². The van der Waals surface area contributed by atoms with E-state index in [0.717, 1.165) is 0 Å². The first-order valence-electron chi connectivity index (χ1n) is 4.46. The Hall–Kier alpha value is -0.710. The Morgan fingerprint density at radius 1 is 1.64 bits per heavy atom. The third-order valence-electron chi connectivity index (χ3n) is 2.46. The van der Waals surface area contributed by atoms with E-state index < -0.39 is 11.5 Å². The molecule has 0 aromatic heterocycles. The fourth-order valence-electron chi connectivity index (χ4n) is 1.59. The molecule has 0 radical (unpaired) electrons. The molecule has 0 aliphatic carbocycles. The van der Waals surface area contributed by atoms with E-state index in [1.54, 1.807) is 13.8 Å². The average molecular weight is 217 g/mol. The minimum Gasteiger partial charge on any atom is -0.467 e. The van der Waals surface area contributed by atoms with E-state index >= 15 is 0 Å². The van der Waals surface area contributed by atoms with Crippen LogP contribution in [0.3, 0.4) is 0 Å². The van der Waals surface area contributed by atoms with Gasteiger partial charge in [0.25, 0.3) is 0 Å². The number of thiol groups is 1. The van der Waals surface area contributed by atoms with Crippen LogP contribution in [0.25, 0.3) is 0 Å². The minimum atomic E-state index is -0.886. The maximum atomic E-state index is 11.5. The molecule has 14 heavy (non-hydrogen) atoms. The number of esters is 1. The van der Waals surface area contributed by atoms with Crippen molar-refractivity contribution < 1.29 is 14.3 Å². The van der Waals surface area contributed by atoms with Crippen molar-refractivity contribution in [3.05, 3.63) is 0 Å². The van der Waals surface area contributed by atoms with E-state index in [-0.39, 0.29) is 11.2 Å². The van der Waals surface area contributed by atoms with Gasteiger partial charge in [-0.3, -0.25) is 4.79 Å². The summed E-state index contributed by atoms with van der Waals surface area (Å²) in [6.45, 7) is 3.87. The summed E-state index contributed by atoms with van der Waals surface area (Å²) in [5.41, 5.74) is -0.886. The van der Waals surface area contributed by atoms with Crippen LogP contribution < -0.4 is 0 Å². The van der Waals surface area contributed by atoms with Gasteiger partial charge in [0.05, 0.1) is 7.11 Å². The second-order valence-corrected chi connectivity index (χ2v) is 4.64. The SMILES string of the molecule is COC(=O)C(C)(C)N1CC(S)CC1=O. The van der Waals surface area contributed by atoms with Crippen molar-refractivity contribution in [2.24, 2.45) is 0 Å². The maximum absolute atomic E-state index is 11.5. The number of nitrogens with zero attached hydrogens (tertiary/aromatic N) is 1. The molecule has 1 aliphatic rings. The number of methoxy groups -OCH3 is 1. The Bertz CT molecular complexity index is 265. The predicted octanol–water partition coefficient (Wildman–Crippen LogP) is 0.469. The van der Waals surface area contributed by atoms with Crippen molar-refractivity contribution >= 4 is 24.5 Å². The molecule has 0 spiro atoms. The number of amides is 1. The zero-order chi connectivity index (χ0) is 10.9. The Morgan fingerprint density at radius 3 is 2.57 bits per heavy atom. The van der Waals surface area contributed by atoms with Crippen LogP contribution in [0.4, 0.5) is 0 Å². The van der Waals surface area contributed by atoms with Crippen molar-refractivity contribution in [2.75, 3.05) is 13.7 Å². The number of ether oxygens (including phenoxy) is 1. The fourth-order valence-corrected chi connectivity index (χ4v) is 1.91. The summed E-state index contributed by atoms with van der Waals surface area (Å²) in [5, 5.41) is 0.0198. The Labute approximate surface area is 89.0 Å². The van der Waals surface area contributed by atoms with Crippen LogP contribution in [-0.2, 0) is 14.3 Å². The van der Waals surface area contributed by atoms with E-state index in [4.69, 9.17) is 0 Å². The zero-order valence-corrected chi connectivity index (χ0v) is 9.51. The highest BCUT2D eigenvalue weighted by Gasteiger charge is 2.43. The summed E-state index contributed by atoms with van der Waals surface area (Å²) in [7, 11) is 1.32. The van der Waals surface area contributed by atoms with Crippen LogP contribution >= 0.6 is 12.6 Å². The van der Waals surface area contributed by atoms with E-state index in [2.05, 4.69) is 17.4 Å². The van der Waals surface area contributed by atoms with E-state index in [1.165, 1.54) is 12.0 Å². The van der Waals surface area contributed by atoms with Crippen LogP contribution in [0.15, 0.2) is 0 Å². The maximum Gasteiger partial charge on any atom is 0.331 e. The fraction of sp³-hybridized carbons (Fsp3) is 0.778. The molecule has 1 heterocycles. The van der Waals surface area contributed by atoms with Crippen LogP contribution in [-0.4, -0.2) is 41.2 Å².